The Morgan fingerprint density at radius 2 is 1.27 bits per heavy atom. The Balaban J connectivity index is 0. The SMILES string of the molecule is CCCC.CCCCCCCCCCOC(=O)CP(=O)(O)O. The van der Waals surface area contributed by atoms with Crippen LogP contribution in [0.4, 0.5) is 0 Å². The van der Waals surface area contributed by atoms with Gasteiger partial charge in [0, 0.05) is 0 Å². The largest absolute Gasteiger partial charge is 0.465 e. The standard InChI is InChI=1S/C12H25O5P.C4H10/c1-2-3-4-5-6-7-8-9-10-17-12(13)11-18(14,15)16;1-3-4-2/h2-11H2,1H3,(H2,14,15,16);3-4H2,1-2H3. The van der Waals surface area contributed by atoms with Crippen LogP contribution in [0.2, 0.25) is 0 Å². The molecule has 0 fully saturated rings. The second-order valence-corrected chi connectivity index (χ2v) is 7.16. The molecule has 0 aromatic carbocycles. The summed E-state index contributed by atoms with van der Waals surface area (Å²) in [7, 11) is -4.27. The molecule has 0 unspecified atom stereocenters. The summed E-state index contributed by atoms with van der Waals surface area (Å²) in [4.78, 5) is 28.0. The molecule has 0 heterocycles. The zero-order chi connectivity index (χ0) is 17.3. The number of hydrogen-bond donors (Lipinski definition) is 2. The second-order valence-electron chi connectivity index (χ2n) is 5.52. The topological polar surface area (TPSA) is 83.8 Å². The Kier molecular flexibility index (Phi) is 18.4. The number of carbonyl (C=O) groups is 1. The molecule has 0 aliphatic rings. The van der Waals surface area contributed by atoms with Gasteiger partial charge in [0.25, 0.3) is 0 Å². The summed E-state index contributed by atoms with van der Waals surface area (Å²) < 4.78 is 15.2. The number of hydrogen-bond acceptors (Lipinski definition) is 3. The Hall–Kier alpha value is -0.380. The highest BCUT2D eigenvalue weighted by Crippen LogP contribution is 2.33. The highest BCUT2D eigenvalue weighted by Gasteiger charge is 2.19. The summed E-state index contributed by atoms with van der Waals surface area (Å²) in [5.74, 6) is -0.814. The number of rotatable bonds is 12. The van der Waals surface area contributed by atoms with Crippen molar-refractivity contribution in [3.63, 3.8) is 0 Å². The lowest BCUT2D eigenvalue weighted by atomic mass is 10.1. The van der Waals surface area contributed by atoms with Gasteiger partial charge < -0.3 is 14.5 Å². The van der Waals surface area contributed by atoms with Crippen LogP contribution >= 0.6 is 7.60 Å². The lowest BCUT2D eigenvalue weighted by Crippen LogP contribution is -2.10. The van der Waals surface area contributed by atoms with E-state index in [0.29, 0.717) is 0 Å². The average molecular weight is 338 g/mol. The molecule has 0 bridgehead atoms. The number of unbranched alkanes of at least 4 members (excludes halogenated alkanes) is 8. The third kappa shape index (κ3) is 24.6. The van der Waals surface area contributed by atoms with Crippen LogP contribution in [0, 0.1) is 0 Å². The highest BCUT2D eigenvalue weighted by atomic mass is 31.2. The zero-order valence-electron chi connectivity index (χ0n) is 14.6. The van der Waals surface area contributed by atoms with Gasteiger partial charge >= 0.3 is 13.6 Å². The Bertz CT molecular complexity index is 286. The van der Waals surface area contributed by atoms with Gasteiger partial charge in [-0.15, -0.1) is 0 Å². The van der Waals surface area contributed by atoms with Crippen molar-refractivity contribution in [3.8, 4) is 0 Å². The van der Waals surface area contributed by atoms with Gasteiger partial charge in [-0.3, -0.25) is 9.36 Å². The van der Waals surface area contributed by atoms with E-state index in [1.54, 1.807) is 0 Å². The fourth-order valence-corrected chi connectivity index (χ4v) is 2.06. The molecule has 6 heteroatoms. The lowest BCUT2D eigenvalue weighted by molar-refractivity contribution is -0.140. The molecule has 0 aromatic rings. The normalized spacial score (nSPS) is 10.8. The summed E-state index contributed by atoms with van der Waals surface area (Å²) in [6.07, 6.45) is 11.0. The van der Waals surface area contributed by atoms with Gasteiger partial charge in [0.2, 0.25) is 0 Å². The van der Waals surface area contributed by atoms with Crippen molar-refractivity contribution in [1.82, 2.24) is 0 Å². The number of ether oxygens (including phenoxy) is 1. The van der Waals surface area contributed by atoms with Gasteiger partial charge in [-0.25, -0.2) is 0 Å². The molecule has 22 heavy (non-hydrogen) atoms. The van der Waals surface area contributed by atoms with Gasteiger partial charge in [0.1, 0.15) is 6.16 Å². The monoisotopic (exact) mass is 338 g/mol. The van der Waals surface area contributed by atoms with E-state index < -0.39 is 19.7 Å². The van der Waals surface area contributed by atoms with Crippen LogP contribution in [0.5, 0.6) is 0 Å². The van der Waals surface area contributed by atoms with E-state index >= 15 is 0 Å². The molecule has 0 atom stereocenters. The van der Waals surface area contributed by atoms with Crippen molar-refractivity contribution in [2.45, 2.75) is 85.0 Å². The molecule has 0 amide bonds. The van der Waals surface area contributed by atoms with E-state index in [-0.39, 0.29) is 6.61 Å². The van der Waals surface area contributed by atoms with E-state index in [1.165, 1.54) is 44.9 Å². The minimum Gasteiger partial charge on any atom is -0.465 e. The zero-order valence-corrected chi connectivity index (χ0v) is 15.4. The molecular formula is C16H35O5P. The van der Waals surface area contributed by atoms with Crippen LogP contribution < -0.4 is 0 Å². The van der Waals surface area contributed by atoms with E-state index in [0.717, 1.165) is 19.3 Å². The Morgan fingerprint density at radius 3 is 1.68 bits per heavy atom. The predicted molar refractivity (Wildman–Crippen MR) is 91.1 cm³/mol. The van der Waals surface area contributed by atoms with Crippen LogP contribution in [-0.2, 0) is 14.1 Å². The number of esters is 1. The van der Waals surface area contributed by atoms with Gasteiger partial charge in [-0.1, -0.05) is 78.6 Å². The average Bonchev–Trinajstić information content (AvgIpc) is 2.44. The summed E-state index contributed by atoms with van der Waals surface area (Å²) in [5.41, 5.74) is 0. The molecule has 5 nitrogen and oxygen atoms in total. The van der Waals surface area contributed by atoms with Crippen LogP contribution in [0.3, 0.4) is 0 Å². The fraction of sp³-hybridized carbons (Fsp3) is 0.938. The first kappa shape index (κ1) is 23.9. The first-order chi connectivity index (χ1) is 10.4. The van der Waals surface area contributed by atoms with Crippen LogP contribution in [0.1, 0.15) is 85.0 Å². The molecule has 0 aliphatic heterocycles. The maximum atomic E-state index is 11.0. The molecule has 0 aromatic heterocycles. The molecule has 0 spiro atoms. The lowest BCUT2D eigenvalue weighted by Gasteiger charge is -2.05. The first-order valence-electron chi connectivity index (χ1n) is 8.57. The van der Waals surface area contributed by atoms with Crippen molar-refractivity contribution in [2.75, 3.05) is 12.8 Å². The molecule has 0 rings (SSSR count). The van der Waals surface area contributed by atoms with Crippen molar-refractivity contribution in [2.24, 2.45) is 0 Å². The minimum atomic E-state index is -4.27. The third-order valence-corrected chi connectivity index (χ3v) is 3.77. The molecule has 2 N–H and O–H groups in total. The number of carbonyl (C=O) groups excluding carboxylic acids is 1. The fourth-order valence-electron chi connectivity index (χ4n) is 1.64. The molecule has 0 saturated heterocycles. The van der Waals surface area contributed by atoms with Crippen LogP contribution in [0.25, 0.3) is 0 Å². The molecular weight excluding hydrogens is 303 g/mol. The van der Waals surface area contributed by atoms with Gasteiger partial charge in [0.05, 0.1) is 6.61 Å². The van der Waals surface area contributed by atoms with Crippen molar-refractivity contribution < 1.29 is 23.9 Å². The van der Waals surface area contributed by atoms with E-state index in [2.05, 4.69) is 20.8 Å². The third-order valence-electron chi connectivity index (χ3n) is 3.10. The second kappa shape index (κ2) is 17.0. The first-order valence-corrected chi connectivity index (χ1v) is 10.4. The molecule has 134 valence electrons. The van der Waals surface area contributed by atoms with Gasteiger partial charge in [-0.2, -0.15) is 0 Å². The van der Waals surface area contributed by atoms with E-state index in [9.17, 15) is 9.36 Å². The molecule has 0 aliphatic carbocycles. The highest BCUT2D eigenvalue weighted by molar-refractivity contribution is 7.52. The molecule has 0 saturated carbocycles. The summed E-state index contributed by atoms with van der Waals surface area (Å²) in [6.45, 7) is 6.81. The molecule has 0 radical (unpaired) electrons. The van der Waals surface area contributed by atoms with Crippen LogP contribution in [-0.4, -0.2) is 28.5 Å². The Labute approximate surface area is 136 Å². The van der Waals surface area contributed by atoms with Gasteiger partial charge in [0.15, 0.2) is 0 Å². The van der Waals surface area contributed by atoms with E-state index in [4.69, 9.17) is 14.5 Å². The summed E-state index contributed by atoms with van der Waals surface area (Å²) >= 11 is 0. The summed E-state index contributed by atoms with van der Waals surface area (Å²) in [6, 6.07) is 0. The Morgan fingerprint density at radius 1 is 0.818 bits per heavy atom. The maximum Gasteiger partial charge on any atom is 0.336 e. The summed E-state index contributed by atoms with van der Waals surface area (Å²) in [5, 5.41) is 0. The predicted octanol–water partition coefficient (Wildman–Crippen LogP) is 4.65. The van der Waals surface area contributed by atoms with Crippen molar-refractivity contribution in [1.29, 1.82) is 0 Å². The minimum absolute atomic E-state index is 0.258. The van der Waals surface area contributed by atoms with E-state index in [1.807, 2.05) is 0 Å². The quantitative estimate of drug-likeness (QED) is 0.307. The van der Waals surface area contributed by atoms with Crippen molar-refractivity contribution in [3.05, 3.63) is 0 Å². The van der Waals surface area contributed by atoms with Crippen LogP contribution in [0.15, 0.2) is 0 Å². The van der Waals surface area contributed by atoms with Gasteiger partial charge in [-0.05, 0) is 6.42 Å². The van der Waals surface area contributed by atoms with Crippen molar-refractivity contribution >= 4 is 13.6 Å². The smallest absolute Gasteiger partial charge is 0.336 e. The maximum absolute atomic E-state index is 11.0.